The third-order valence-corrected chi connectivity index (χ3v) is 2.93. The second-order valence-corrected chi connectivity index (χ2v) is 4.46. The third kappa shape index (κ3) is 2.53. The molecule has 0 aliphatic heterocycles. The number of hydrogen-bond acceptors (Lipinski definition) is 4. The quantitative estimate of drug-likeness (QED) is 0.822. The third-order valence-electron chi connectivity index (χ3n) is 2.93. The van der Waals surface area contributed by atoms with E-state index in [1.54, 1.807) is 6.33 Å². The van der Waals surface area contributed by atoms with Crippen LogP contribution in [0.2, 0.25) is 0 Å². The number of fused-ring (bicyclic) bond motifs is 1. The van der Waals surface area contributed by atoms with E-state index in [4.69, 9.17) is 5.73 Å². The van der Waals surface area contributed by atoms with Crippen molar-refractivity contribution in [1.82, 2.24) is 9.97 Å². The lowest BCUT2D eigenvalue weighted by Gasteiger charge is -2.23. The van der Waals surface area contributed by atoms with E-state index in [1.807, 2.05) is 18.2 Å². The second kappa shape index (κ2) is 5.67. The van der Waals surface area contributed by atoms with Crippen LogP contribution in [-0.4, -0.2) is 23.1 Å². The number of hydrogen-bond donors (Lipinski definition) is 1. The predicted octanol–water partition coefficient (Wildman–Crippen LogP) is 2.84. The first-order chi connectivity index (χ1) is 8.76. The van der Waals surface area contributed by atoms with Crippen molar-refractivity contribution in [2.24, 2.45) is 0 Å². The predicted molar refractivity (Wildman–Crippen MR) is 76.7 cm³/mol. The molecular weight excluding hydrogens is 224 g/mol. The Kier molecular flexibility index (Phi) is 3.97. The zero-order valence-corrected chi connectivity index (χ0v) is 11.1. The molecule has 96 valence electrons. The van der Waals surface area contributed by atoms with Gasteiger partial charge in [-0.3, -0.25) is 0 Å². The molecule has 0 bridgehead atoms. The Morgan fingerprint density at radius 3 is 2.50 bits per heavy atom. The average molecular weight is 244 g/mol. The topological polar surface area (TPSA) is 55.0 Å². The van der Waals surface area contributed by atoms with Gasteiger partial charge < -0.3 is 10.6 Å². The first-order valence-corrected chi connectivity index (χ1v) is 6.51. The van der Waals surface area contributed by atoms with Crippen molar-refractivity contribution < 1.29 is 0 Å². The van der Waals surface area contributed by atoms with Crippen molar-refractivity contribution in [2.45, 2.75) is 26.7 Å². The van der Waals surface area contributed by atoms with Crippen molar-refractivity contribution in [3.05, 3.63) is 24.5 Å². The molecule has 2 N–H and O–H groups in total. The molecular formula is C14H20N4. The summed E-state index contributed by atoms with van der Waals surface area (Å²) >= 11 is 0. The summed E-state index contributed by atoms with van der Waals surface area (Å²) in [5.74, 6) is 1.02. The molecule has 1 aromatic heterocycles. The Bertz CT molecular complexity index is 518. The van der Waals surface area contributed by atoms with Crippen molar-refractivity contribution >= 4 is 22.4 Å². The molecule has 0 aliphatic rings. The van der Waals surface area contributed by atoms with Crippen LogP contribution in [0.25, 0.3) is 10.9 Å². The number of rotatable bonds is 5. The van der Waals surface area contributed by atoms with Crippen LogP contribution in [0.4, 0.5) is 11.5 Å². The van der Waals surface area contributed by atoms with E-state index in [0.29, 0.717) is 0 Å². The number of anilines is 2. The molecule has 18 heavy (non-hydrogen) atoms. The van der Waals surface area contributed by atoms with Gasteiger partial charge in [-0.05, 0) is 31.0 Å². The van der Waals surface area contributed by atoms with E-state index in [1.165, 1.54) is 0 Å². The van der Waals surface area contributed by atoms with Crippen LogP contribution >= 0.6 is 0 Å². The first-order valence-electron chi connectivity index (χ1n) is 6.51. The molecule has 0 aliphatic carbocycles. The molecule has 0 radical (unpaired) electrons. The van der Waals surface area contributed by atoms with E-state index >= 15 is 0 Å². The molecule has 1 heterocycles. The van der Waals surface area contributed by atoms with Crippen LogP contribution < -0.4 is 10.6 Å². The second-order valence-electron chi connectivity index (χ2n) is 4.46. The number of nitrogens with zero attached hydrogens (tertiary/aromatic N) is 3. The number of nitrogens with two attached hydrogens (primary N) is 1. The van der Waals surface area contributed by atoms with Crippen LogP contribution in [0, 0.1) is 0 Å². The molecule has 4 heteroatoms. The fourth-order valence-corrected chi connectivity index (χ4v) is 2.18. The summed E-state index contributed by atoms with van der Waals surface area (Å²) in [6, 6.07) is 5.82. The highest BCUT2D eigenvalue weighted by molar-refractivity contribution is 5.91. The molecule has 0 fully saturated rings. The maximum absolute atomic E-state index is 5.79. The highest BCUT2D eigenvalue weighted by Gasteiger charge is 2.10. The van der Waals surface area contributed by atoms with Gasteiger partial charge in [-0.1, -0.05) is 13.8 Å². The molecule has 1 aromatic carbocycles. The van der Waals surface area contributed by atoms with E-state index in [0.717, 1.165) is 48.3 Å². The monoisotopic (exact) mass is 244 g/mol. The average Bonchev–Trinajstić information content (AvgIpc) is 2.37. The molecule has 2 aromatic rings. The van der Waals surface area contributed by atoms with Crippen LogP contribution in [-0.2, 0) is 0 Å². The fourth-order valence-electron chi connectivity index (χ4n) is 2.18. The lowest BCUT2D eigenvalue weighted by atomic mass is 10.2. The lowest BCUT2D eigenvalue weighted by Crippen LogP contribution is -2.26. The van der Waals surface area contributed by atoms with Crippen molar-refractivity contribution in [3.63, 3.8) is 0 Å². The van der Waals surface area contributed by atoms with Gasteiger partial charge in [0.1, 0.15) is 12.1 Å². The minimum Gasteiger partial charge on any atom is -0.399 e. The first kappa shape index (κ1) is 12.6. The van der Waals surface area contributed by atoms with Crippen molar-refractivity contribution in [3.8, 4) is 0 Å². The summed E-state index contributed by atoms with van der Waals surface area (Å²) in [6.45, 7) is 6.41. The zero-order valence-electron chi connectivity index (χ0n) is 11.1. The minimum absolute atomic E-state index is 0.740. The highest BCUT2D eigenvalue weighted by atomic mass is 15.2. The largest absolute Gasteiger partial charge is 0.399 e. The summed E-state index contributed by atoms with van der Waals surface area (Å²) in [7, 11) is 0. The lowest BCUT2D eigenvalue weighted by molar-refractivity contribution is 0.736. The van der Waals surface area contributed by atoms with Crippen molar-refractivity contribution in [2.75, 3.05) is 23.7 Å². The van der Waals surface area contributed by atoms with Gasteiger partial charge >= 0.3 is 0 Å². The smallest absolute Gasteiger partial charge is 0.139 e. The van der Waals surface area contributed by atoms with Gasteiger partial charge in [0.2, 0.25) is 0 Å². The highest BCUT2D eigenvalue weighted by Crippen LogP contribution is 2.24. The van der Waals surface area contributed by atoms with Crippen LogP contribution in [0.1, 0.15) is 26.7 Å². The molecule has 0 atom stereocenters. The molecule has 4 nitrogen and oxygen atoms in total. The van der Waals surface area contributed by atoms with E-state index < -0.39 is 0 Å². The Balaban J connectivity index is 2.48. The molecule has 2 rings (SSSR count). The van der Waals surface area contributed by atoms with Crippen LogP contribution in [0.3, 0.4) is 0 Å². The Hall–Kier alpha value is -1.84. The zero-order chi connectivity index (χ0) is 13.0. The normalized spacial score (nSPS) is 10.8. The van der Waals surface area contributed by atoms with Gasteiger partial charge in [0.05, 0.1) is 5.52 Å². The number of aromatic nitrogens is 2. The number of nitrogen functional groups attached to an aromatic ring is 1. The summed E-state index contributed by atoms with van der Waals surface area (Å²) in [5, 5.41) is 1.08. The molecule has 0 unspecified atom stereocenters. The Morgan fingerprint density at radius 1 is 1.11 bits per heavy atom. The maximum Gasteiger partial charge on any atom is 0.139 e. The maximum atomic E-state index is 5.79. The van der Waals surface area contributed by atoms with Gasteiger partial charge in [-0.2, -0.15) is 0 Å². The standard InChI is InChI=1S/C14H20N4/c1-3-7-18(8-4-2)14-12-6-5-11(15)9-13(12)16-10-17-14/h5-6,9-10H,3-4,7-8,15H2,1-2H3. The molecule has 0 amide bonds. The van der Waals surface area contributed by atoms with Gasteiger partial charge in [-0.15, -0.1) is 0 Å². The number of benzene rings is 1. The SMILES string of the molecule is CCCN(CCC)c1ncnc2cc(N)ccc12. The van der Waals surface area contributed by atoms with Crippen LogP contribution in [0.15, 0.2) is 24.5 Å². The summed E-state index contributed by atoms with van der Waals surface area (Å²) < 4.78 is 0. The van der Waals surface area contributed by atoms with Crippen LogP contribution in [0.5, 0.6) is 0 Å². The molecule has 0 saturated carbocycles. The van der Waals surface area contributed by atoms with Crippen molar-refractivity contribution in [1.29, 1.82) is 0 Å². The van der Waals surface area contributed by atoms with E-state index in [2.05, 4.69) is 28.7 Å². The Morgan fingerprint density at radius 2 is 1.83 bits per heavy atom. The van der Waals surface area contributed by atoms with E-state index in [-0.39, 0.29) is 0 Å². The van der Waals surface area contributed by atoms with E-state index in [9.17, 15) is 0 Å². The summed E-state index contributed by atoms with van der Waals surface area (Å²) in [4.78, 5) is 11.1. The van der Waals surface area contributed by atoms with Gasteiger partial charge in [0, 0.05) is 24.2 Å². The fraction of sp³-hybridized carbons (Fsp3) is 0.429. The van der Waals surface area contributed by atoms with Gasteiger partial charge in [-0.25, -0.2) is 9.97 Å². The Labute approximate surface area is 108 Å². The summed E-state index contributed by atoms with van der Waals surface area (Å²) in [6.07, 6.45) is 3.84. The summed E-state index contributed by atoms with van der Waals surface area (Å²) in [5.41, 5.74) is 7.45. The van der Waals surface area contributed by atoms with Gasteiger partial charge in [0.15, 0.2) is 0 Å². The minimum atomic E-state index is 0.740. The van der Waals surface area contributed by atoms with Gasteiger partial charge in [0.25, 0.3) is 0 Å². The molecule has 0 saturated heterocycles. The molecule has 0 spiro atoms.